The molecular formula is C15H27BrN4O5SSi. The van der Waals surface area contributed by atoms with Crippen molar-refractivity contribution in [2.24, 2.45) is 10.9 Å². The summed E-state index contributed by atoms with van der Waals surface area (Å²) in [5, 5.41) is 19.5. The zero-order chi connectivity index (χ0) is 21.2. The molecule has 5 N–H and O–H groups in total. The molecule has 1 aromatic rings. The summed E-state index contributed by atoms with van der Waals surface area (Å²) in [5.74, 6) is 0. The third-order valence-corrected chi connectivity index (χ3v) is 10.7. The van der Waals surface area contributed by atoms with Crippen molar-refractivity contribution in [1.82, 2.24) is 0 Å². The van der Waals surface area contributed by atoms with Gasteiger partial charge in [0.1, 0.15) is 5.69 Å². The average Bonchev–Trinajstić information content (AvgIpc) is 2.49. The Bertz CT molecular complexity index is 811. The van der Waals surface area contributed by atoms with Gasteiger partial charge in [0.25, 0.3) is 5.69 Å². The Morgan fingerprint density at radius 1 is 1.37 bits per heavy atom. The van der Waals surface area contributed by atoms with Crippen LogP contribution in [-0.4, -0.2) is 40.9 Å². The Labute approximate surface area is 169 Å². The van der Waals surface area contributed by atoms with Gasteiger partial charge < -0.3 is 15.5 Å². The molecule has 0 amide bonds. The van der Waals surface area contributed by atoms with E-state index in [0.717, 1.165) is 6.07 Å². The van der Waals surface area contributed by atoms with Crippen molar-refractivity contribution in [1.29, 1.82) is 0 Å². The molecule has 1 aromatic carbocycles. The van der Waals surface area contributed by atoms with Crippen LogP contribution in [0.4, 0.5) is 11.4 Å². The van der Waals surface area contributed by atoms with Crippen molar-refractivity contribution >= 4 is 45.6 Å². The molecule has 0 saturated carbocycles. The molecule has 0 radical (unpaired) electrons. The van der Waals surface area contributed by atoms with Crippen LogP contribution in [0.15, 0.2) is 21.5 Å². The first-order valence-electron chi connectivity index (χ1n) is 8.21. The number of nitrogens with zero attached hydrogens (tertiary/aromatic N) is 1. The van der Waals surface area contributed by atoms with Crippen LogP contribution in [0.2, 0.25) is 18.1 Å². The third kappa shape index (κ3) is 6.22. The lowest BCUT2D eigenvalue weighted by atomic mass is 10.2. The molecule has 154 valence electrons. The van der Waals surface area contributed by atoms with E-state index in [1.165, 1.54) is 6.07 Å². The monoisotopic (exact) mass is 482 g/mol. The Kier molecular flexibility index (Phi) is 7.58. The summed E-state index contributed by atoms with van der Waals surface area (Å²) in [6.07, 6.45) is 0. The number of hydrogen-bond donors (Lipinski definition) is 3. The SMILES string of the molecule is CC(C)(C)[Si](C)(C)OC[C@H](CN)Nc1c(Br)cc(S(N)(=O)=O)cc1[N+](=O)[O-]. The van der Waals surface area contributed by atoms with Crippen molar-refractivity contribution in [2.45, 2.75) is 49.8 Å². The van der Waals surface area contributed by atoms with Crippen molar-refractivity contribution in [3.63, 3.8) is 0 Å². The van der Waals surface area contributed by atoms with Gasteiger partial charge in [0, 0.05) is 17.1 Å². The number of primary sulfonamides is 1. The second kappa shape index (κ2) is 8.53. The van der Waals surface area contributed by atoms with Gasteiger partial charge in [-0.2, -0.15) is 0 Å². The summed E-state index contributed by atoms with van der Waals surface area (Å²) < 4.78 is 29.4. The molecule has 0 aliphatic rings. The minimum absolute atomic E-state index is 0.00978. The average molecular weight is 483 g/mol. The Hall–Kier alpha value is -1.05. The zero-order valence-corrected chi connectivity index (χ0v) is 19.5. The standard InChI is InChI=1S/C15H27BrN4O5SSi/c1-15(2,3)27(4,5)25-9-10(8-17)19-14-12(16)6-11(26(18,23)24)7-13(14)20(21)22/h6-7,10,19H,8-9,17H2,1-5H3,(H2,18,23,24)/t10-/m0/s1. The van der Waals surface area contributed by atoms with Crippen molar-refractivity contribution in [3.05, 3.63) is 26.7 Å². The Morgan fingerprint density at radius 3 is 2.33 bits per heavy atom. The van der Waals surface area contributed by atoms with Gasteiger partial charge in [-0.05, 0) is 40.1 Å². The second-order valence-corrected chi connectivity index (χ2v) is 15.0. The number of rotatable bonds is 8. The molecule has 0 saturated heterocycles. The molecule has 0 aromatic heterocycles. The van der Waals surface area contributed by atoms with Gasteiger partial charge in [0.05, 0.1) is 22.5 Å². The summed E-state index contributed by atoms with van der Waals surface area (Å²) in [7, 11) is -6.11. The van der Waals surface area contributed by atoms with E-state index in [1.54, 1.807) is 0 Å². The first-order valence-corrected chi connectivity index (χ1v) is 13.5. The van der Waals surface area contributed by atoms with E-state index >= 15 is 0 Å². The highest BCUT2D eigenvalue weighted by Gasteiger charge is 2.37. The Morgan fingerprint density at radius 2 is 1.93 bits per heavy atom. The lowest BCUT2D eigenvalue weighted by Crippen LogP contribution is -2.45. The van der Waals surface area contributed by atoms with Crippen LogP contribution in [0.1, 0.15) is 20.8 Å². The number of nitrogens with one attached hydrogen (secondary N) is 1. The van der Waals surface area contributed by atoms with E-state index in [1.807, 2.05) is 0 Å². The summed E-state index contributed by atoms with van der Waals surface area (Å²) in [6.45, 7) is 11.0. The van der Waals surface area contributed by atoms with E-state index in [9.17, 15) is 18.5 Å². The number of hydrogen-bond acceptors (Lipinski definition) is 7. The fraction of sp³-hybridized carbons (Fsp3) is 0.600. The topological polar surface area (TPSA) is 151 Å². The van der Waals surface area contributed by atoms with Crippen molar-refractivity contribution in [3.8, 4) is 0 Å². The molecule has 0 fully saturated rings. The first-order chi connectivity index (χ1) is 12.1. The van der Waals surface area contributed by atoms with Gasteiger partial charge in [0.2, 0.25) is 10.0 Å². The van der Waals surface area contributed by atoms with E-state index in [2.05, 4.69) is 55.1 Å². The number of sulfonamides is 1. The molecule has 0 aliphatic heterocycles. The van der Waals surface area contributed by atoms with Crippen LogP contribution in [-0.2, 0) is 14.4 Å². The number of nitro benzene ring substituents is 1. The number of anilines is 1. The fourth-order valence-electron chi connectivity index (χ4n) is 1.92. The van der Waals surface area contributed by atoms with Gasteiger partial charge in [0.15, 0.2) is 8.32 Å². The summed E-state index contributed by atoms with van der Waals surface area (Å²) in [5.41, 5.74) is 5.52. The number of benzene rings is 1. The number of halogens is 1. The van der Waals surface area contributed by atoms with Crippen LogP contribution >= 0.6 is 15.9 Å². The van der Waals surface area contributed by atoms with Gasteiger partial charge >= 0.3 is 0 Å². The smallest absolute Gasteiger partial charge is 0.294 e. The molecular weight excluding hydrogens is 456 g/mol. The molecule has 1 atom stereocenters. The summed E-state index contributed by atoms with van der Waals surface area (Å²) in [4.78, 5) is 10.4. The van der Waals surface area contributed by atoms with Crippen LogP contribution < -0.4 is 16.2 Å². The van der Waals surface area contributed by atoms with Crippen molar-refractivity contribution in [2.75, 3.05) is 18.5 Å². The largest absolute Gasteiger partial charge is 0.415 e. The minimum atomic E-state index is -4.08. The van der Waals surface area contributed by atoms with E-state index in [-0.39, 0.29) is 33.2 Å². The molecule has 1 rings (SSSR count). The van der Waals surface area contributed by atoms with Gasteiger partial charge in [-0.15, -0.1) is 0 Å². The van der Waals surface area contributed by atoms with Crippen LogP contribution in [0.3, 0.4) is 0 Å². The predicted octanol–water partition coefficient (Wildman–Crippen LogP) is 2.77. The molecule has 0 bridgehead atoms. The van der Waals surface area contributed by atoms with E-state index in [0.29, 0.717) is 0 Å². The highest BCUT2D eigenvalue weighted by molar-refractivity contribution is 9.10. The lowest BCUT2D eigenvalue weighted by molar-refractivity contribution is -0.384. The van der Waals surface area contributed by atoms with Gasteiger partial charge in [-0.1, -0.05) is 20.8 Å². The fourth-order valence-corrected chi connectivity index (χ4v) is 4.24. The molecule has 9 nitrogen and oxygen atoms in total. The predicted molar refractivity (Wildman–Crippen MR) is 112 cm³/mol. The molecule has 0 aliphatic carbocycles. The molecule has 12 heteroatoms. The lowest BCUT2D eigenvalue weighted by Gasteiger charge is -2.37. The van der Waals surface area contributed by atoms with Gasteiger partial charge in [-0.25, -0.2) is 13.6 Å². The van der Waals surface area contributed by atoms with E-state index in [4.69, 9.17) is 15.3 Å². The molecule has 0 unspecified atom stereocenters. The first kappa shape index (κ1) is 24.0. The highest BCUT2D eigenvalue weighted by atomic mass is 79.9. The van der Waals surface area contributed by atoms with Crippen molar-refractivity contribution < 1.29 is 17.8 Å². The maximum absolute atomic E-state index is 11.5. The number of nitro groups is 1. The normalized spacial score (nSPS) is 14.1. The molecule has 0 heterocycles. The van der Waals surface area contributed by atoms with Crippen LogP contribution in [0.5, 0.6) is 0 Å². The maximum Gasteiger partial charge on any atom is 0.294 e. The van der Waals surface area contributed by atoms with Crippen LogP contribution in [0.25, 0.3) is 0 Å². The summed E-state index contributed by atoms with van der Waals surface area (Å²) >= 11 is 3.18. The number of nitrogens with two attached hydrogens (primary N) is 2. The Balaban J connectivity index is 3.16. The summed E-state index contributed by atoms with van der Waals surface area (Å²) in [6, 6.07) is 1.74. The molecule has 0 spiro atoms. The van der Waals surface area contributed by atoms with E-state index < -0.39 is 35.0 Å². The minimum Gasteiger partial charge on any atom is -0.415 e. The maximum atomic E-state index is 11.5. The zero-order valence-electron chi connectivity index (χ0n) is 16.1. The quantitative estimate of drug-likeness (QED) is 0.292. The van der Waals surface area contributed by atoms with Crippen LogP contribution in [0, 0.1) is 10.1 Å². The third-order valence-electron chi connectivity index (χ3n) is 4.65. The second-order valence-electron chi connectivity index (χ2n) is 7.75. The highest BCUT2D eigenvalue weighted by Crippen LogP contribution is 2.38. The molecule has 27 heavy (non-hydrogen) atoms. The van der Waals surface area contributed by atoms with Gasteiger partial charge in [-0.3, -0.25) is 10.1 Å².